The number of aryl methyl sites for hydroxylation is 1. The number of benzene rings is 1. The van der Waals surface area contributed by atoms with Crippen molar-refractivity contribution in [2.24, 2.45) is 11.8 Å². The van der Waals surface area contributed by atoms with Gasteiger partial charge in [0.2, 0.25) is 0 Å². The molecule has 3 N–H and O–H groups in total. The second-order valence-corrected chi connectivity index (χ2v) is 4.32. The third kappa shape index (κ3) is 3.33. The lowest BCUT2D eigenvalue weighted by Crippen LogP contribution is -2.32. The quantitative estimate of drug-likeness (QED) is 0.574. The Bertz CT molecular complexity index is 296. The summed E-state index contributed by atoms with van der Waals surface area (Å²) >= 11 is 0. The molecule has 1 aromatic carbocycles. The molecule has 0 aliphatic carbocycles. The van der Waals surface area contributed by atoms with E-state index < -0.39 is 0 Å². The van der Waals surface area contributed by atoms with Crippen molar-refractivity contribution < 1.29 is 0 Å². The summed E-state index contributed by atoms with van der Waals surface area (Å²) in [6.45, 7) is 6.57. The molecule has 1 rings (SSSR count). The number of hydrazine groups is 1. The average molecular weight is 206 g/mol. The maximum absolute atomic E-state index is 5.64. The summed E-state index contributed by atoms with van der Waals surface area (Å²) in [5.41, 5.74) is 5.51. The maximum Gasteiger partial charge on any atom is 0.0485 e. The van der Waals surface area contributed by atoms with Gasteiger partial charge in [0.05, 0.1) is 0 Å². The van der Waals surface area contributed by atoms with Crippen LogP contribution in [0.15, 0.2) is 24.3 Å². The molecule has 0 bridgehead atoms. The van der Waals surface area contributed by atoms with Gasteiger partial charge >= 0.3 is 0 Å². The Morgan fingerprint density at radius 1 is 1.40 bits per heavy atom. The molecule has 0 aliphatic rings. The first-order valence-electron chi connectivity index (χ1n) is 5.71. The Morgan fingerprint density at radius 2 is 2.13 bits per heavy atom. The first-order valence-corrected chi connectivity index (χ1v) is 5.71. The highest BCUT2D eigenvalue weighted by atomic mass is 15.2. The molecule has 0 heterocycles. The van der Waals surface area contributed by atoms with Gasteiger partial charge in [0.1, 0.15) is 0 Å². The number of nitrogens with one attached hydrogen (secondary N) is 1. The van der Waals surface area contributed by atoms with Gasteiger partial charge in [-0.25, -0.2) is 0 Å². The summed E-state index contributed by atoms with van der Waals surface area (Å²) in [6.07, 6.45) is 2.40. The molecular formula is C13H22N2. The van der Waals surface area contributed by atoms with E-state index >= 15 is 0 Å². The summed E-state index contributed by atoms with van der Waals surface area (Å²) in [5, 5.41) is 0. The Hall–Kier alpha value is -0.860. The van der Waals surface area contributed by atoms with Crippen LogP contribution in [0.25, 0.3) is 0 Å². The van der Waals surface area contributed by atoms with E-state index in [9.17, 15) is 0 Å². The Morgan fingerprint density at radius 3 is 2.67 bits per heavy atom. The third-order valence-corrected chi connectivity index (χ3v) is 2.89. The van der Waals surface area contributed by atoms with Gasteiger partial charge in [-0.1, -0.05) is 50.1 Å². The molecule has 2 unspecified atom stereocenters. The lowest BCUT2D eigenvalue weighted by atomic mass is 9.91. The zero-order valence-corrected chi connectivity index (χ0v) is 9.96. The van der Waals surface area contributed by atoms with Crippen molar-refractivity contribution in [1.82, 2.24) is 5.43 Å². The minimum absolute atomic E-state index is 0.268. The monoisotopic (exact) mass is 206 g/mol. The number of nitrogens with two attached hydrogens (primary N) is 1. The summed E-state index contributed by atoms with van der Waals surface area (Å²) < 4.78 is 0. The van der Waals surface area contributed by atoms with Gasteiger partial charge in [-0.2, -0.15) is 0 Å². The van der Waals surface area contributed by atoms with Crippen molar-refractivity contribution in [2.75, 3.05) is 0 Å². The standard InChI is InChI=1S/C13H22N2/c1-4-6-11(3)13(15-14)12-8-5-7-10(2)9-12/h5,7-9,11,13,15H,4,6,14H2,1-3H3. The van der Waals surface area contributed by atoms with E-state index in [1.165, 1.54) is 24.0 Å². The van der Waals surface area contributed by atoms with E-state index in [1.54, 1.807) is 0 Å². The minimum Gasteiger partial charge on any atom is -0.271 e. The SMILES string of the molecule is CCCC(C)C(NN)c1cccc(C)c1. The first kappa shape index (κ1) is 12.2. The number of hydrogen-bond acceptors (Lipinski definition) is 2. The lowest BCUT2D eigenvalue weighted by molar-refractivity contribution is 0.368. The van der Waals surface area contributed by atoms with Crippen LogP contribution in [-0.2, 0) is 0 Å². The summed E-state index contributed by atoms with van der Waals surface area (Å²) in [5.74, 6) is 6.21. The zero-order chi connectivity index (χ0) is 11.3. The van der Waals surface area contributed by atoms with Crippen molar-refractivity contribution in [1.29, 1.82) is 0 Å². The van der Waals surface area contributed by atoms with Crippen LogP contribution in [-0.4, -0.2) is 0 Å². The van der Waals surface area contributed by atoms with Crippen LogP contribution in [0.4, 0.5) is 0 Å². The minimum atomic E-state index is 0.268. The van der Waals surface area contributed by atoms with Crippen LogP contribution in [0.2, 0.25) is 0 Å². The molecule has 2 atom stereocenters. The molecule has 2 nitrogen and oxygen atoms in total. The van der Waals surface area contributed by atoms with Gasteiger partial charge in [0.25, 0.3) is 0 Å². The topological polar surface area (TPSA) is 38.0 Å². The molecular weight excluding hydrogens is 184 g/mol. The van der Waals surface area contributed by atoms with E-state index in [2.05, 4.69) is 50.5 Å². The fourth-order valence-corrected chi connectivity index (χ4v) is 2.07. The summed E-state index contributed by atoms with van der Waals surface area (Å²) in [7, 11) is 0. The third-order valence-electron chi connectivity index (χ3n) is 2.89. The van der Waals surface area contributed by atoms with Crippen LogP contribution >= 0.6 is 0 Å². The van der Waals surface area contributed by atoms with E-state index in [4.69, 9.17) is 5.84 Å². The largest absolute Gasteiger partial charge is 0.271 e. The molecule has 15 heavy (non-hydrogen) atoms. The number of rotatable bonds is 5. The van der Waals surface area contributed by atoms with Crippen LogP contribution in [0.3, 0.4) is 0 Å². The van der Waals surface area contributed by atoms with Crippen molar-refractivity contribution in [3.05, 3.63) is 35.4 Å². The van der Waals surface area contributed by atoms with Gasteiger partial charge in [0, 0.05) is 6.04 Å². The molecule has 84 valence electrons. The Kier molecular flexibility index (Phi) is 4.79. The van der Waals surface area contributed by atoms with Gasteiger partial charge in [-0.3, -0.25) is 11.3 Å². The predicted molar refractivity (Wildman–Crippen MR) is 65.3 cm³/mol. The van der Waals surface area contributed by atoms with Crippen molar-refractivity contribution >= 4 is 0 Å². The molecule has 2 heteroatoms. The first-order chi connectivity index (χ1) is 7.19. The van der Waals surface area contributed by atoms with Crippen LogP contribution in [0.1, 0.15) is 43.9 Å². The fraction of sp³-hybridized carbons (Fsp3) is 0.538. The summed E-state index contributed by atoms with van der Waals surface area (Å²) in [6, 6.07) is 8.82. The highest BCUT2D eigenvalue weighted by molar-refractivity contribution is 5.25. The highest BCUT2D eigenvalue weighted by Crippen LogP contribution is 2.25. The van der Waals surface area contributed by atoms with E-state index in [-0.39, 0.29) is 6.04 Å². The van der Waals surface area contributed by atoms with Gasteiger partial charge in [-0.15, -0.1) is 0 Å². The molecule has 0 aliphatic heterocycles. The van der Waals surface area contributed by atoms with E-state index in [0.717, 1.165) is 0 Å². The van der Waals surface area contributed by atoms with Crippen LogP contribution < -0.4 is 11.3 Å². The lowest BCUT2D eigenvalue weighted by Gasteiger charge is -2.23. The molecule has 0 fully saturated rings. The Labute approximate surface area is 92.8 Å². The second kappa shape index (κ2) is 5.89. The molecule has 0 aromatic heterocycles. The number of hydrogen-bond donors (Lipinski definition) is 2. The zero-order valence-electron chi connectivity index (χ0n) is 9.96. The maximum atomic E-state index is 5.64. The highest BCUT2D eigenvalue weighted by Gasteiger charge is 2.16. The van der Waals surface area contributed by atoms with Crippen LogP contribution in [0.5, 0.6) is 0 Å². The van der Waals surface area contributed by atoms with E-state index in [1.807, 2.05) is 0 Å². The predicted octanol–water partition coefficient (Wildman–Crippen LogP) is 2.94. The molecule has 0 amide bonds. The van der Waals surface area contributed by atoms with Crippen LogP contribution in [0, 0.1) is 12.8 Å². The fourth-order valence-electron chi connectivity index (χ4n) is 2.07. The van der Waals surface area contributed by atoms with Crippen molar-refractivity contribution in [3.8, 4) is 0 Å². The van der Waals surface area contributed by atoms with Gasteiger partial charge < -0.3 is 0 Å². The summed E-state index contributed by atoms with van der Waals surface area (Å²) in [4.78, 5) is 0. The van der Waals surface area contributed by atoms with Crippen molar-refractivity contribution in [3.63, 3.8) is 0 Å². The molecule has 0 spiro atoms. The second-order valence-electron chi connectivity index (χ2n) is 4.32. The van der Waals surface area contributed by atoms with Gasteiger partial charge in [-0.05, 0) is 24.8 Å². The van der Waals surface area contributed by atoms with E-state index in [0.29, 0.717) is 5.92 Å². The molecule has 1 aromatic rings. The van der Waals surface area contributed by atoms with Gasteiger partial charge in [0.15, 0.2) is 0 Å². The average Bonchev–Trinajstić information content (AvgIpc) is 2.19. The smallest absolute Gasteiger partial charge is 0.0485 e. The molecule has 0 saturated heterocycles. The van der Waals surface area contributed by atoms with Crippen molar-refractivity contribution in [2.45, 2.75) is 39.7 Å². The molecule has 0 saturated carbocycles. The normalized spacial score (nSPS) is 14.9. The Balaban J connectivity index is 2.82. The molecule has 0 radical (unpaired) electrons.